The third kappa shape index (κ3) is 2.71. The van der Waals surface area contributed by atoms with E-state index in [9.17, 15) is 0 Å². The van der Waals surface area contributed by atoms with Gasteiger partial charge in [-0.05, 0) is 41.8 Å². The molecule has 1 aliphatic heterocycles. The first-order chi connectivity index (χ1) is 11.8. The zero-order valence-corrected chi connectivity index (χ0v) is 13.6. The van der Waals surface area contributed by atoms with Crippen molar-refractivity contribution in [3.8, 4) is 5.75 Å². The lowest BCUT2D eigenvalue weighted by Crippen LogP contribution is -2.29. The fraction of sp³-hybridized carbons (Fsp3) is 0.200. The van der Waals surface area contributed by atoms with Crippen molar-refractivity contribution in [1.82, 2.24) is 9.97 Å². The predicted molar refractivity (Wildman–Crippen MR) is 97.3 cm³/mol. The standard InChI is InChI=1S/C20H19N3O/c1-24-17-8-6-15(7-9-17)16-10-12-23(13-11-16)20-18-4-2-3-5-19(18)21-14-22-20/h2-10,14H,11-13H2,1H3. The van der Waals surface area contributed by atoms with Crippen LogP contribution in [-0.4, -0.2) is 30.2 Å². The molecule has 2 heterocycles. The molecule has 120 valence electrons. The lowest BCUT2D eigenvalue weighted by molar-refractivity contribution is 0.415. The van der Waals surface area contributed by atoms with Gasteiger partial charge in [0.25, 0.3) is 0 Å². The summed E-state index contributed by atoms with van der Waals surface area (Å²) in [6.07, 6.45) is 4.95. The third-order valence-corrected chi connectivity index (χ3v) is 4.49. The number of hydrogen-bond donors (Lipinski definition) is 0. The smallest absolute Gasteiger partial charge is 0.140 e. The summed E-state index contributed by atoms with van der Waals surface area (Å²) in [5, 5.41) is 1.11. The molecule has 0 saturated carbocycles. The van der Waals surface area contributed by atoms with Crippen LogP contribution < -0.4 is 9.64 Å². The number of rotatable bonds is 3. The second kappa shape index (κ2) is 6.32. The van der Waals surface area contributed by atoms with Gasteiger partial charge in [-0.2, -0.15) is 0 Å². The summed E-state index contributed by atoms with van der Waals surface area (Å²) in [5.41, 5.74) is 3.64. The van der Waals surface area contributed by atoms with Gasteiger partial charge < -0.3 is 9.64 Å². The van der Waals surface area contributed by atoms with Gasteiger partial charge >= 0.3 is 0 Å². The van der Waals surface area contributed by atoms with E-state index in [1.807, 2.05) is 30.3 Å². The summed E-state index contributed by atoms with van der Waals surface area (Å²) in [6.45, 7) is 1.82. The van der Waals surface area contributed by atoms with E-state index in [0.29, 0.717) is 0 Å². The van der Waals surface area contributed by atoms with E-state index in [4.69, 9.17) is 4.74 Å². The van der Waals surface area contributed by atoms with Crippen LogP contribution in [0, 0.1) is 0 Å². The highest BCUT2D eigenvalue weighted by atomic mass is 16.5. The topological polar surface area (TPSA) is 38.2 Å². The van der Waals surface area contributed by atoms with E-state index in [0.717, 1.165) is 42.0 Å². The van der Waals surface area contributed by atoms with E-state index in [2.05, 4.69) is 39.1 Å². The number of benzene rings is 2. The average molecular weight is 317 g/mol. The second-order valence-electron chi connectivity index (χ2n) is 5.87. The normalized spacial score (nSPS) is 14.5. The van der Waals surface area contributed by atoms with E-state index in [1.54, 1.807) is 13.4 Å². The van der Waals surface area contributed by atoms with Crippen LogP contribution in [-0.2, 0) is 0 Å². The number of hydrogen-bond acceptors (Lipinski definition) is 4. The van der Waals surface area contributed by atoms with Crippen molar-refractivity contribution in [3.63, 3.8) is 0 Å². The molecule has 0 radical (unpaired) electrons. The van der Waals surface area contributed by atoms with Gasteiger partial charge in [0.15, 0.2) is 0 Å². The van der Waals surface area contributed by atoms with E-state index >= 15 is 0 Å². The minimum Gasteiger partial charge on any atom is -0.497 e. The maximum atomic E-state index is 5.23. The van der Waals surface area contributed by atoms with Gasteiger partial charge in [-0.15, -0.1) is 0 Å². The monoisotopic (exact) mass is 317 g/mol. The fourth-order valence-corrected chi connectivity index (χ4v) is 3.17. The lowest BCUT2D eigenvalue weighted by Gasteiger charge is -2.28. The van der Waals surface area contributed by atoms with Crippen LogP contribution in [0.25, 0.3) is 16.5 Å². The molecular formula is C20H19N3O. The summed E-state index contributed by atoms with van der Waals surface area (Å²) in [5.74, 6) is 1.91. The maximum Gasteiger partial charge on any atom is 0.140 e. The number of ether oxygens (including phenoxy) is 1. The van der Waals surface area contributed by atoms with E-state index < -0.39 is 0 Å². The number of methoxy groups -OCH3 is 1. The molecular weight excluding hydrogens is 298 g/mol. The highest BCUT2D eigenvalue weighted by molar-refractivity contribution is 5.89. The van der Waals surface area contributed by atoms with Crippen molar-refractivity contribution in [3.05, 3.63) is 66.5 Å². The molecule has 0 saturated heterocycles. The Hall–Kier alpha value is -2.88. The van der Waals surface area contributed by atoms with Crippen LogP contribution in [0.4, 0.5) is 5.82 Å². The molecule has 2 aromatic carbocycles. The molecule has 0 spiro atoms. The highest BCUT2D eigenvalue weighted by Gasteiger charge is 2.16. The quantitative estimate of drug-likeness (QED) is 0.733. The van der Waals surface area contributed by atoms with Gasteiger partial charge in [0, 0.05) is 18.5 Å². The van der Waals surface area contributed by atoms with E-state index in [-0.39, 0.29) is 0 Å². The number of para-hydroxylation sites is 1. The highest BCUT2D eigenvalue weighted by Crippen LogP contribution is 2.29. The Kier molecular flexibility index (Phi) is 3.87. The molecule has 3 aromatic rings. The molecule has 4 heteroatoms. The Morgan fingerprint density at radius 2 is 1.83 bits per heavy atom. The largest absolute Gasteiger partial charge is 0.497 e. The van der Waals surface area contributed by atoms with Gasteiger partial charge in [0.05, 0.1) is 12.6 Å². The Morgan fingerprint density at radius 1 is 1.00 bits per heavy atom. The molecule has 4 nitrogen and oxygen atoms in total. The molecule has 0 bridgehead atoms. The molecule has 0 amide bonds. The van der Waals surface area contributed by atoms with Gasteiger partial charge in [-0.25, -0.2) is 9.97 Å². The third-order valence-electron chi connectivity index (χ3n) is 4.49. The number of anilines is 1. The first-order valence-electron chi connectivity index (χ1n) is 8.13. The van der Waals surface area contributed by atoms with Crippen LogP contribution in [0.2, 0.25) is 0 Å². The molecule has 1 aromatic heterocycles. The number of aromatic nitrogens is 2. The van der Waals surface area contributed by atoms with Crippen LogP contribution in [0.5, 0.6) is 5.75 Å². The molecule has 24 heavy (non-hydrogen) atoms. The lowest BCUT2D eigenvalue weighted by atomic mass is 9.99. The minimum absolute atomic E-state index is 0.863. The molecule has 4 rings (SSSR count). The van der Waals surface area contributed by atoms with Gasteiger partial charge in [0.2, 0.25) is 0 Å². The summed E-state index contributed by atoms with van der Waals surface area (Å²) >= 11 is 0. The zero-order chi connectivity index (χ0) is 16.4. The molecule has 0 atom stereocenters. The summed E-state index contributed by atoms with van der Waals surface area (Å²) < 4.78 is 5.23. The molecule has 0 N–H and O–H groups in total. The number of fused-ring (bicyclic) bond motifs is 1. The molecule has 0 unspecified atom stereocenters. The zero-order valence-electron chi connectivity index (χ0n) is 13.6. The molecule has 1 aliphatic rings. The first kappa shape index (κ1) is 14.7. The summed E-state index contributed by atoms with van der Waals surface area (Å²) in [4.78, 5) is 11.2. The number of nitrogens with zero attached hydrogens (tertiary/aromatic N) is 3. The molecule has 0 fully saturated rings. The Labute approximate surface area is 141 Å². The SMILES string of the molecule is COc1ccc(C2=CCN(c3ncnc4ccccc34)CC2)cc1. The van der Waals surface area contributed by atoms with Crippen molar-refractivity contribution < 1.29 is 4.74 Å². The Morgan fingerprint density at radius 3 is 2.58 bits per heavy atom. The molecule has 0 aliphatic carbocycles. The second-order valence-corrected chi connectivity index (χ2v) is 5.87. The van der Waals surface area contributed by atoms with Crippen LogP contribution >= 0.6 is 0 Å². The average Bonchev–Trinajstić information content (AvgIpc) is 2.68. The van der Waals surface area contributed by atoms with Crippen molar-refractivity contribution in [2.75, 3.05) is 25.1 Å². The van der Waals surface area contributed by atoms with Crippen LogP contribution in [0.1, 0.15) is 12.0 Å². The van der Waals surface area contributed by atoms with Crippen LogP contribution in [0.15, 0.2) is 60.9 Å². The van der Waals surface area contributed by atoms with Gasteiger partial charge in [-0.3, -0.25) is 0 Å². The Balaban J connectivity index is 1.59. The Bertz CT molecular complexity index is 882. The first-order valence-corrected chi connectivity index (χ1v) is 8.13. The van der Waals surface area contributed by atoms with E-state index in [1.165, 1.54) is 11.1 Å². The van der Waals surface area contributed by atoms with Crippen molar-refractivity contribution in [2.45, 2.75) is 6.42 Å². The van der Waals surface area contributed by atoms with Crippen molar-refractivity contribution in [1.29, 1.82) is 0 Å². The van der Waals surface area contributed by atoms with Crippen molar-refractivity contribution in [2.24, 2.45) is 0 Å². The van der Waals surface area contributed by atoms with Crippen LogP contribution in [0.3, 0.4) is 0 Å². The van der Waals surface area contributed by atoms with Gasteiger partial charge in [-0.1, -0.05) is 30.3 Å². The maximum absolute atomic E-state index is 5.23. The van der Waals surface area contributed by atoms with Crippen molar-refractivity contribution >= 4 is 22.3 Å². The summed E-state index contributed by atoms with van der Waals surface area (Å²) in [6, 6.07) is 16.5. The predicted octanol–water partition coefficient (Wildman–Crippen LogP) is 3.93. The minimum atomic E-state index is 0.863. The van der Waals surface area contributed by atoms with Gasteiger partial charge in [0.1, 0.15) is 17.9 Å². The fourth-order valence-electron chi connectivity index (χ4n) is 3.17. The summed E-state index contributed by atoms with van der Waals surface area (Å²) in [7, 11) is 1.69.